The summed E-state index contributed by atoms with van der Waals surface area (Å²) in [5.74, 6) is 0.353. The Morgan fingerprint density at radius 1 is 0.875 bits per heavy atom. The van der Waals surface area contributed by atoms with Gasteiger partial charge in [-0.05, 0) is 28.5 Å². The van der Waals surface area contributed by atoms with Gasteiger partial charge >= 0.3 is 0 Å². The molecule has 89 valence electrons. The van der Waals surface area contributed by atoms with Gasteiger partial charge in [-0.3, -0.25) is 0 Å². The lowest BCUT2D eigenvalue weighted by Gasteiger charge is -2.31. The van der Waals surface area contributed by atoms with Crippen molar-refractivity contribution in [1.82, 2.24) is 0 Å². The van der Waals surface area contributed by atoms with Crippen molar-refractivity contribution >= 4 is 12.6 Å². The largest absolute Gasteiger partial charge is 0.508 e. The molecule has 1 aromatic carbocycles. The number of phenols is 1. The highest BCUT2D eigenvalue weighted by atomic mass is 32.1. The van der Waals surface area contributed by atoms with Gasteiger partial charge in [0, 0.05) is 10.5 Å². The van der Waals surface area contributed by atoms with E-state index in [0.29, 0.717) is 5.75 Å². The van der Waals surface area contributed by atoms with Gasteiger partial charge in [0.1, 0.15) is 5.75 Å². The average Bonchev–Trinajstić information content (AvgIpc) is 2.04. The number of phenolic OH excluding ortho intramolecular Hbond substituents is 1. The van der Waals surface area contributed by atoms with Crippen LogP contribution in [-0.2, 0) is 10.8 Å². The van der Waals surface area contributed by atoms with Gasteiger partial charge in [-0.15, -0.1) is 0 Å². The fraction of sp³-hybridized carbons (Fsp3) is 0.571. The predicted octanol–water partition coefficient (Wildman–Crippen LogP) is 4.54. The molecule has 0 saturated heterocycles. The Bertz CT molecular complexity index is 355. The molecule has 1 nitrogen and oxygen atoms in total. The molecule has 0 aromatic heterocycles. The van der Waals surface area contributed by atoms with Crippen molar-refractivity contribution in [2.24, 2.45) is 0 Å². The molecule has 0 amide bonds. The summed E-state index contributed by atoms with van der Waals surface area (Å²) in [5.41, 5.74) is 1.93. The fourth-order valence-electron chi connectivity index (χ4n) is 2.08. The quantitative estimate of drug-likeness (QED) is 0.702. The number of aromatic hydroxyl groups is 1. The van der Waals surface area contributed by atoms with Gasteiger partial charge in [0.05, 0.1) is 0 Å². The second kappa shape index (κ2) is 3.92. The van der Waals surface area contributed by atoms with Crippen LogP contribution in [-0.4, -0.2) is 5.11 Å². The van der Waals surface area contributed by atoms with Crippen LogP contribution >= 0.6 is 12.6 Å². The molecule has 1 N–H and O–H groups in total. The summed E-state index contributed by atoms with van der Waals surface area (Å²) in [6.45, 7) is 12.7. The Hall–Kier alpha value is -0.760. The summed E-state index contributed by atoms with van der Waals surface area (Å²) in [6, 6.07) is 3.53. The van der Waals surface area contributed by atoms with Crippen molar-refractivity contribution in [3.05, 3.63) is 23.3 Å². The molecule has 16 heavy (non-hydrogen) atoms. The Morgan fingerprint density at radius 3 is 1.62 bits per heavy atom. The second-order valence-corrected chi connectivity index (χ2v) is 6.77. The predicted molar refractivity (Wildman–Crippen MR) is 71.4 cm³/mol. The van der Waals surface area contributed by atoms with Crippen molar-refractivity contribution < 1.29 is 5.11 Å². The lowest BCUT2D eigenvalue weighted by atomic mass is 9.75. The summed E-state index contributed by atoms with van der Waals surface area (Å²) >= 11 is 5.41. The summed E-state index contributed by atoms with van der Waals surface area (Å²) < 4.78 is 0. The van der Waals surface area contributed by atoms with Crippen LogP contribution in [0.5, 0.6) is 5.75 Å². The lowest BCUT2D eigenvalue weighted by Crippen LogP contribution is -2.22. The van der Waals surface area contributed by atoms with E-state index in [1.807, 2.05) is 6.07 Å². The Balaban J connectivity index is 3.64. The van der Waals surface area contributed by atoms with E-state index in [2.05, 4.69) is 41.5 Å². The zero-order chi connectivity index (χ0) is 12.7. The maximum absolute atomic E-state index is 10.1. The van der Waals surface area contributed by atoms with Crippen LogP contribution in [0.3, 0.4) is 0 Å². The highest BCUT2D eigenvalue weighted by Crippen LogP contribution is 2.42. The normalized spacial score (nSPS) is 12.9. The summed E-state index contributed by atoms with van der Waals surface area (Å²) in [5, 5.41) is 10.1. The molecule has 1 aromatic rings. The molecule has 0 saturated carbocycles. The molecule has 2 heteroatoms. The van der Waals surface area contributed by atoms with Crippen LogP contribution in [0.4, 0.5) is 0 Å². The smallest absolute Gasteiger partial charge is 0.119 e. The summed E-state index contributed by atoms with van der Waals surface area (Å²) in [6.07, 6.45) is 0. The van der Waals surface area contributed by atoms with Gasteiger partial charge in [-0.1, -0.05) is 54.2 Å². The van der Waals surface area contributed by atoms with Gasteiger partial charge < -0.3 is 5.11 Å². The maximum Gasteiger partial charge on any atom is 0.119 e. The van der Waals surface area contributed by atoms with Crippen molar-refractivity contribution in [3.63, 3.8) is 0 Å². The van der Waals surface area contributed by atoms with E-state index in [9.17, 15) is 5.11 Å². The van der Waals surface area contributed by atoms with Crippen LogP contribution in [0.2, 0.25) is 0 Å². The fourth-order valence-corrected chi connectivity index (χ4v) is 2.55. The standard InChI is InChI=1S/C14H21OS/c1-13(2,3)11-9(15)7-8-10(16)12(11)14(4,5)6/h7-8,15H,1-6H3. The maximum atomic E-state index is 10.1. The topological polar surface area (TPSA) is 20.2 Å². The molecule has 0 aliphatic heterocycles. The first-order chi connectivity index (χ1) is 7.05. The minimum absolute atomic E-state index is 0.0432. The van der Waals surface area contributed by atoms with E-state index in [-0.39, 0.29) is 10.8 Å². The van der Waals surface area contributed by atoms with E-state index in [0.717, 1.165) is 16.0 Å². The molecule has 0 fully saturated rings. The molecule has 0 unspecified atom stereocenters. The highest BCUT2D eigenvalue weighted by Gasteiger charge is 2.29. The summed E-state index contributed by atoms with van der Waals surface area (Å²) in [4.78, 5) is 0.843. The molecule has 0 atom stereocenters. The first kappa shape index (κ1) is 13.3. The molecule has 0 spiro atoms. The Morgan fingerprint density at radius 2 is 1.31 bits per heavy atom. The third kappa shape index (κ3) is 2.49. The zero-order valence-corrected chi connectivity index (χ0v) is 11.8. The Labute approximate surface area is 104 Å². The van der Waals surface area contributed by atoms with E-state index in [4.69, 9.17) is 12.6 Å². The van der Waals surface area contributed by atoms with Crippen molar-refractivity contribution in [3.8, 4) is 5.75 Å². The Kier molecular flexibility index (Phi) is 3.26. The first-order valence-electron chi connectivity index (χ1n) is 5.59. The highest BCUT2D eigenvalue weighted by molar-refractivity contribution is 7.80. The van der Waals surface area contributed by atoms with Gasteiger partial charge in [0.15, 0.2) is 0 Å². The number of benzene rings is 1. The first-order valence-corrected chi connectivity index (χ1v) is 6.00. The number of hydrogen-bond donors (Lipinski definition) is 1. The third-order valence-corrected chi connectivity index (χ3v) is 2.99. The summed E-state index contributed by atoms with van der Waals surface area (Å²) in [7, 11) is 0. The van der Waals surface area contributed by atoms with E-state index >= 15 is 0 Å². The number of hydrogen-bond acceptors (Lipinski definition) is 1. The average molecular weight is 237 g/mol. The molecule has 0 aliphatic rings. The molecular formula is C14H21OS. The molecule has 0 heterocycles. The van der Waals surface area contributed by atoms with Gasteiger partial charge in [0.25, 0.3) is 0 Å². The number of rotatable bonds is 0. The van der Waals surface area contributed by atoms with E-state index in [1.165, 1.54) is 0 Å². The van der Waals surface area contributed by atoms with Crippen molar-refractivity contribution in [1.29, 1.82) is 0 Å². The van der Waals surface area contributed by atoms with Crippen molar-refractivity contribution in [2.75, 3.05) is 0 Å². The molecule has 0 aliphatic carbocycles. The minimum Gasteiger partial charge on any atom is -0.508 e. The van der Waals surface area contributed by atoms with Crippen LogP contribution in [0.15, 0.2) is 17.0 Å². The molecule has 1 rings (SSSR count). The minimum atomic E-state index is -0.0957. The van der Waals surface area contributed by atoms with E-state index < -0.39 is 0 Å². The molecule has 0 bridgehead atoms. The second-order valence-electron chi connectivity index (χ2n) is 6.33. The third-order valence-electron chi connectivity index (χ3n) is 2.65. The monoisotopic (exact) mass is 237 g/mol. The van der Waals surface area contributed by atoms with Crippen LogP contribution in [0.1, 0.15) is 52.7 Å². The lowest BCUT2D eigenvalue weighted by molar-refractivity contribution is 0.432. The van der Waals surface area contributed by atoms with E-state index in [1.54, 1.807) is 6.07 Å². The molecule has 1 radical (unpaired) electrons. The van der Waals surface area contributed by atoms with Crippen LogP contribution in [0, 0.1) is 0 Å². The SMILES string of the molecule is CC(C)(C)c1c(O)ccc([S])c1C(C)(C)C. The van der Waals surface area contributed by atoms with Crippen LogP contribution < -0.4 is 0 Å². The zero-order valence-electron chi connectivity index (χ0n) is 11.0. The van der Waals surface area contributed by atoms with Gasteiger partial charge in [0.2, 0.25) is 0 Å². The van der Waals surface area contributed by atoms with Crippen molar-refractivity contribution in [2.45, 2.75) is 57.3 Å². The van der Waals surface area contributed by atoms with Gasteiger partial charge in [-0.25, -0.2) is 0 Å². The van der Waals surface area contributed by atoms with Gasteiger partial charge in [-0.2, -0.15) is 0 Å². The molecular weight excluding hydrogens is 216 g/mol. The van der Waals surface area contributed by atoms with Crippen LogP contribution in [0.25, 0.3) is 0 Å².